The number of anilines is 1. The number of carboxylic acid groups (broad SMARTS) is 2. The van der Waals surface area contributed by atoms with Gasteiger partial charge in [0.25, 0.3) is 11.5 Å². The van der Waals surface area contributed by atoms with E-state index in [4.69, 9.17) is 0 Å². The number of carbonyl (C=O) groups is 4. The average Bonchev–Trinajstić information content (AvgIpc) is 3.08. The fourth-order valence-electron chi connectivity index (χ4n) is 2.98. The minimum atomic E-state index is -1.23. The largest absolute Gasteiger partial charge is 0.478 e. The lowest BCUT2D eigenvalue weighted by atomic mass is 10.1. The molecule has 3 N–H and O–H groups in total. The van der Waals surface area contributed by atoms with Gasteiger partial charge < -0.3 is 15.5 Å². The summed E-state index contributed by atoms with van der Waals surface area (Å²) in [6.07, 6.45) is 0.211. The van der Waals surface area contributed by atoms with Gasteiger partial charge in [-0.2, -0.15) is 0 Å². The Morgan fingerprint density at radius 3 is 1.87 bits per heavy atom. The zero-order valence-electron chi connectivity index (χ0n) is 15.5. The molecule has 0 saturated carbocycles. The van der Waals surface area contributed by atoms with Crippen molar-refractivity contribution in [1.29, 1.82) is 0 Å². The van der Waals surface area contributed by atoms with Crippen LogP contribution >= 0.6 is 67.8 Å². The van der Waals surface area contributed by atoms with Gasteiger partial charge in [-0.1, -0.05) is 6.92 Å². The molecule has 0 saturated heterocycles. The maximum Gasteiger partial charge on any atom is 0.337 e. The smallest absolute Gasteiger partial charge is 0.337 e. The molecule has 0 spiro atoms. The van der Waals surface area contributed by atoms with Crippen molar-refractivity contribution >= 4 is 108 Å². The molecular weight excluding hydrogens is 749 g/mol. The summed E-state index contributed by atoms with van der Waals surface area (Å²) in [7, 11) is 0. The summed E-state index contributed by atoms with van der Waals surface area (Å²) < 4.78 is 1.99. The number of carboxylic acids is 2. The number of benzene rings is 2. The van der Waals surface area contributed by atoms with E-state index in [0.29, 0.717) is 23.6 Å². The zero-order valence-corrected chi connectivity index (χ0v) is 21.9. The van der Waals surface area contributed by atoms with Crippen molar-refractivity contribution in [3.05, 3.63) is 56.0 Å². The van der Waals surface area contributed by atoms with E-state index in [9.17, 15) is 34.2 Å². The van der Waals surface area contributed by atoms with Crippen LogP contribution in [0.1, 0.15) is 44.4 Å². The summed E-state index contributed by atoms with van der Waals surface area (Å²) in [5.74, 6) is -2.94. The molecule has 1 aromatic heterocycles. The molecule has 2 aliphatic heterocycles. The van der Waals surface area contributed by atoms with E-state index < -0.39 is 11.9 Å². The molecule has 160 valence electrons. The van der Waals surface area contributed by atoms with Gasteiger partial charge >= 0.3 is 11.9 Å². The molecule has 0 atom stereocenters. The maximum absolute atomic E-state index is 11.5. The Labute approximate surface area is 214 Å². The van der Waals surface area contributed by atoms with Crippen LogP contribution in [0, 0.1) is 10.7 Å². The van der Waals surface area contributed by atoms with Gasteiger partial charge in [0.2, 0.25) is 5.91 Å². The fraction of sp³-hybridized carbons (Fsp3) is 0.105. The molecule has 3 aromatic rings. The number of nitrogens with one attached hydrogen (secondary N) is 1. The molecule has 2 aliphatic rings. The van der Waals surface area contributed by atoms with E-state index in [-0.39, 0.29) is 44.2 Å². The number of hydrogen-bond donors (Lipinski definition) is 3. The zero-order chi connectivity index (χ0) is 23.2. The Kier molecular flexibility index (Phi) is 6.90. The molecule has 1 amide bonds. The van der Waals surface area contributed by atoms with Crippen LogP contribution in [-0.4, -0.2) is 38.5 Å². The van der Waals surface area contributed by atoms with E-state index in [1.807, 2.05) is 0 Å². The first-order chi connectivity index (χ1) is 14.5. The van der Waals surface area contributed by atoms with E-state index >= 15 is 0 Å². The van der Waals surface area contributed by atoms with Crippen molar-refractivity contribution in [3.8, 4) is 0 Å². The van der Waals surface area contributed by atoms with E-state index in [1.165, 1.54) is 4.57 Å². The summed E-state index contributed by atoms with van der Waals surface area (Å²) >= 11 is 5.30. The quantitative estimate of drug-likeness (QED) is 0.270. The van der Waals surface area contributed by atoms with Crippen LogP contribution < -0.4 is 10.9 Å². The summed E-state index contributed by atoms with van der Waals surface area (Å²) in [4.78, 5) is 56.5. The Morgan fingerprint density at radius 1 is 0.968 bits per heavy atom. The Balaban J connectivity index is 0.000000204. The summed E-state index contributed by atoms with van der Waals surface area (Å²) in [5.41, 5.74) is 1.11. The fourth-order valence-corrected chi connectivity index (χ4v) is 7.34. The number of halogens is 3. The maximum atomic E-state index is 11.5. The number of nitrogens with zero attached hydrogens (tertiary/aromatic N) is 1. The highest BCUT2D eigenvalue weighted by molar-refractivity contribution is 14.1. The molecule has 9 nitrogen and oxygen atoms in total. The lowest BCUT2D eigenvalue weighted by Gasteiger charge is -2.16. The number of amides is 1. The van der Waals surface area contributed by atoms with Crippen molar-refractivity contribution in [1.82, 2.24) is 4.57 Å². The molecule has 31 heavy (non-hydrogen) atoms. The van der Waals surface area contributed by atoms with Crippen molar-refractivity contribution in [3.63, 3.8) is 0 Å². The molecule has 5 rings (SSSR count). The first-order valence-electron chi connectivity index (χ1n) is 8.50. The van der Waals surface area contributed by atoms with E-state index in [1.54, 1.807) is 92.9 Å². The van der Waals surface area contributed by atoms with Crippen molar-refractivity contribution in [2.75, 3.05) is 5.32 Å². The van der Waals surface area contributed by atoms with Crippen LogP contribution in [0.15, 0.2) is 23.0 Å². The topological polar surface area (TPSA) is 143 Å². The van der Waals surface area contributed by atoms with Gasteiger partial charge in [0, 0.05) is 9.99 Å². The third kappa shape index (κ3) is 4.04. The lowest BCUT2D eigenvalue weighted by molar-refractivity contribution is -0.115. The highest BCUT2D eigenvalue weighted by atomic mass is 127. The number of aromatic nitrogens is 1. The minimum Gasteiger partial charge on any atom is -0.478 e. The molecule has 2 aromatic carbocycles. The lowest BCUT2D eigenvalue weighted by Crippen LogP contribution is -2.18. The summed E-state index contributed by atoms with van der Waals surface area (Å²) in [6.45, 7) is 1.65. The number of carbonyl (C=O) groups excluding carboxylic acids is 2. The third-order valence-corrected chi connectivity index (χ3v) is 7.69. The number of pyridine rings is 2. The molecule has 12 heteroatoms. The highest BCUT2D eigenvalue weighted by Gasteiger charge is 2.29. The van der Waals surface area contributed by atoms with Crippen LogP contribution in [0.4, 0.5) is 5.69 Å². The van der Waals surface area contributed by atoms with Crippen LogP contribution in [-0.2, 0) is 4.79 Å². The minimum absolute atomic E-state index is 0.115. The van der Waals surface area contributed by atoms with Gasteiger partial charge in [-0.3, -0.25) is 14.4 Å². The number of rotatable bonds is 4. The normalized spacial score (nSPS) is 11.5. The van der Waals surface area contributed by atoms with Crippen molar-refractivity contribution in [2.45, 2.75) is 13.3 Å². The Bertz CT molecular complexity index is 1310. The van der Waals surface area contributed by atoms with Crippen LogP contribution in [0.2, 0.25) is 0 Å². The van der Waals surface area contributed by atoms with Crippen LogP contribution in [0.3, 0.4) is 0 Å². The Morgan fingerprint density at radius 2 is 1.52 bits per heavy atom. The standard InChI is InChI=1S/C11H8I3NO5.C8H3NO2/c1-2-3(16)15-9-7(13)4(10(17)18)6(12)5(8(9)14)11(19)20;10-7-5-2-1-4-3-6(5)8(11)9(4)7/h2H2,1H3,(H,15,16)(H,17,18)(H,19,20);1-3H. The highest BCUT2D eigenvalue weighted by Crippen LogP contribution is 2.35. The molecule has 0 fully saturated rings. The summed E-state index contributed by atoms with van der Waals surface area (Å²) in [6, 6.07) is 5.23. The summed E-state index contributed by atoms with van der Waals surface area (Å²) in [5, 5.41) is 21.6. The molecule has 0 unspecified atom stereocenters. The van der Waals surface area contributed by atoms with Crippen molar-refractivity contribution < 1.29 is 29.4 Å². The van der Waals surface area contributed by atoms with Gasteiger partial charge in [-0.25, -0.2) is 14.2 Å². The molecular formula is C19H11I3N2O7. The van der Waals surface area contributed by atoms with Gasteiger partial charge in [0.1, 0.15) is 0 Å². The van der Waals surface area contributed by atoms with E-state index in [2.05, 4.69) is 5.32 Å². The third-order valence-electron chi connectivity index (χ3n) is 4.46. The Hall–Kier alpha value is -1.82. The van der Waals surface area contributed by atoms with Gasteiger partial charge in [0.05, 0.1) is 40.4 Å². The van der Waals surface area contributed by atoms with E-state index in [0.717, 1.165) is 0 Å². The van der Waals surface area contributed by atoms with Gasteiger partial charge in [-0.05, 0) is 86.0 Å². The monoisotopic (exact) mass is 760 g/mol. The first kappa shape index (κ1) is 23.8. The molecule has 3 heterocycles. The predicted molar refractivity (Wildman–Crippen MR) is 137 cm³/mol. The van der Waals surface area contributed by atoms with Gasteiger partial charge in [0.15, 0.2) is 0 Å². The molecule has 0 radical (unpaired) electrons. The van der Waals surface area contributed by atoms with Crippen LogP contribution in [0.25, 0.3) is 10.9 Å². The second-order valence-electron chi connectivity index (χ2n) is 6.25. The van der Waals surface area contributed by atoms with Crippen molar-refractivity contribution in [2.24, 2.45) is 0 Å². The number of fused-ring (bicyclic) bond motifs is 1. The number of hydrogen-bond acceptors (Lipinski definition) is 5. The predicted octanol–water partition coefficient (Wildman–Crippen LogP) is 3.69. The average molecular weight is 760 g/mol. The second kappa shape index (κ2) is 8.97. The molecule has 0 aliphatic carbocycles. The number of aromatic carboxylic acids is 2. The van der Waals surface area contributed by atoms with Crippen LogP contribution in [0.5, 0.6) is 0 Å². The first-order valence-corrected chi connectivity index (χ1v) is 11.7. The van der Waals surface area contributed by atoms with Gasteiger partial charge in [-0.15, -0.1) is 0 Å². The second-order valence-corrected chi connectivity index (χ2v) is 9.49. The molecule has 4 bridgehead atoms. The SMILES string of the molecule is CCC(=O)Nc1c(I)c(C(=O)O)c(I)c(C(=O)O)c1I.O=C1c2cc3ccc2c(=O)n31.